The van der Waals surface area contributed by atoms with E-state index < -0.39 is 0 Å². The van der Waals surface area contributed by atoms with Crippen molar-refractivity contribution in [2.75, 3.05) is 6.61 Å². The van der Waals surface area contributed by atoms with E-state index in [9.17, 15) is 5.11 Å². The van der Waals surface area contributed by atoms with E-state index in [1.54, 1.807) is 10.9 Å². The van der Waals surface area contributed by atoms with Gasteiger partial charge in [0.2, 0.25) is 4.77 Å². The highest BCUT2D eigenvalue weighted by Gasteiger charge is 2.27. The molecule has 0 amide bonds. The number of hydrogen-bond donors (Lipinski definition) is 2. The SMILES string of the molecule is CC(C)(C)c1cc(/C=N/n2c([C@H]3CCCO3)n[nH]c2=S)cc(C(C)(C)C)c1O. The number of phenols is 1. The highest BCUT2D eigenvalue weighted by Crippen LogP contribution is 2.39. The van der Waals surface area contributed by atoms with Crippen molar-refractivity contribution in [3.8, 4) is 5.75 Å². The third-order valence-corrected chi connectivity index (χ3v) is 5.23. The van der Waals surface area contributed by atoms with Gasteiger partial charge in [0.1, 0.15) is 11.9 Å². The summed E-state index contributed by atoms with van der Waals surface area (Å²) in [6.45, 7) is 13.3. The smallest absolute Gasteiger partial charge is 0.216 e. The first-order chi connectivity index (χ1) is 13.0. The van der Waals surface area contributed by atoms with Crippen molar-refractivity contribution < 1.29 is 9.84 Å². The van der Waals surface area contributed by atoms with E-state index in [2.05, 4.69) is 56.8 Å². The summed E-state index contributed by atoms with van der Waals surface area (Å²) in [7, 11) is 0. The fraction of sp³-hybridized carbons (Fsp3) is 0.571. The normalized spacial score (nSPS) is 18.3. The summed E-state index contributed by atoms with van der Waals surface area (Å²) >= 11 is 5.35. The predicted molar refractivity (Wildman–Crippen MR) is 114 cm³/mol. The van der Waals surface area contributed by atoms with Crippen molar-refractivity contribution in [3.05, 3.63) is 39.4 Å². The molecule has 0 bridgehead atoms. The molecule has 1 saturated heterocycles. The van der Waals surface area contributed by atoms with E-state index in [0.29, 0.717) is 16.3 Å². The minimum Gasteiger partial charge on any atom is -0.507 e. The molecule has 1 aliphatic heterocycles. The van der Waals surface area contributed by atoms with Crippen LogP contribution in [-0.4, -0.2) is 32.8 Å². The van der Waals surface area contributed by atoms with Gasteiger partial charge in [-0.3, -0.25) is 5.10 Å². The monoisotopic (exact) mass is 402 g/mol. The van der Waals surface area contributed by atoms with Gasteiger partial charge in [-0.05, 0) is 53.6 Å². The Bertz CT molecular complexity index is 904. The summed E-state index contributed by atoms with van der Waals surface area (Å²) in [4.78, 5) is 0. The lowest BCUT2D eigenvalue weighted by atomic mass is 9.78. The lowest BCUT2D eigenvalue weighted by Gasteiger charge is -2.27. The lowest BCUT2D eigenvalue weighted by Crippen LogP contribution is -2.18. The molecule has 0 aliphatic carbocycles. The predicted octanol–water partition coefficient (Wildman–Crippen LogP) is 4.97. The molecule has 0 radical (unpaired) electrons. The lowest BCUT2D eigenvalue weighted by molar-refractivity contribution is 0.102. The van der Waals surface area contributed by atoms with Crippen molar-refractivity contribution >= 4 is 18.4 Å². The van der Waals surface area contributed by atoms with Crippen LogP contribution in [0.1, 0.15) is 83.0 Å². The molecule has 1 fully saturated rings. The maximum Gasteiger partial charge on any atom is 0.216 e. The largest absolute Gasteiger partial charge is 0.507 e. The number of phenolic OH excluding ortho intramolecular Hbond substituents is 1. The van der Waals surface area contributed by atoms with Gasteiger partial charge in [-0.1, -0.05) is 41.5 Å². The molecule has 152 valence electrons. The molecule has 0 saturated carbocycles. The van der Waals surface area contributed by atoms with E-state index in [1.807, 2.05) is 12.1 Å². The van der Waals surface area contributed by atoms with Crippen LogP contribution in [0.4, 0.5) is 0 Å². The number of ether oxygens (including phenoxy) is 1. The Morgan fingerprint density at radius 3 is 2.32 bits per heavy atom. The van der Waals surface area contributed by atoms with Gasteiger partial charge < -0.3 is 9.84 Å². The molecular formula is C21H30N4O2S. The zero-order valence-corrected chi connectivity index (χ0v) is 18.4. The van der Waals surface area contributed by atoms with Crippen molar-refractivity contribution in [2.45, 2.75) is 71.3 Å². The Kier molecular flexibility index (Phi) is 5.51. The fourth-order valence-corrected chi connectivity index (χ4v) is 3.59. The molecule has 1 aliphatic rings. The molecule has 0 unspecified atom stereocenters. The second-order valence-corrected chi connectivity index (χ2v) is 9.80. The zero-order chi connectivity index (χ0) is 20.7. The summed E-state index contributed by atoms with van der Waals surface area (Å²) < 4.78 is 7.80. The van der Waals surface area contributed by atoms with Gasteiger partial charge in [0, 0.05) is 17.7 Å². The van der Waals surface area contributed by atoms with Crippen LogP contribution in [0.3, 0.4) is 0 Å². The van der Waals surface area contributed by atoms with Crippen LogP contribution in [0, 0.1) is 4.77 Å². The Labute approximate surface area is 171 Å². The molecular weight excluding hydrogens is 372 g/mol. The number of benzene rings is 1. The second-order valence-electron chi connectivity index (χ2n) is 9.41. The average molecular weight is 403 g/mol. The first kappa shape index (κ1) is 20.7. The quantitative estimate of drug-likeness (QED) is 0.561. The third-order valence-electron chi connectivity index (χ3n) is 4.96. The zero-order valence-electron chi connectivity index (χ0n) is 17.5. The number of rotatable bonds is 3. The highest BCUT2D eigenvalue weighted by atomic mass is 32.1. The third kappa shape index (κ3) is 4.20. The molecule has 2 heterocycles. The summed E-state index contributed by atoms with van der Waals surface area (Å²) in [6, 6.07) is 3.98. The van der Waals surface area contributed by atoms with Gasteiger partial charge in [0.25, 0.3) is 0 Å². The van der Waals surface area contributed by atoms with Crippen molar-refractivity contribution in [1.82, 2.24) is 14.9 Å². The minimum atomic E-state index is -0.192. The molecule has 1 aromatic carbocycles. The van der Waals surface area contributed by atoms with E-state index in [-0.39, 0.29) is 16.9 Å². The molecule has 2 aromatic rings. The van der Waals surface area contributed by atoms with Crippen LogP contribution < -0.4 is 0 Å². The molecule has 1 atom stereocenters. The molecule has 28 heavy (non-hydrogen) atoms. The van der Waals surface area contributed by atoms with Crippen LogP contribution >= 0.6 is 12.2 Å². The fourth-order valence-electron chi connectivity index (χ4n) is 3.40. The van der Waals surface area contributed by atoms with Gasteiger partial charge in [-0.25, -0.2) is 0 Å². The standard InChI is InChI=1S/C21H30N4O2S/c1-20(2,3)14-10-13(11-15(17(14)26)21(4,5)6)12-22-25-18(23-24-19(25)28)16-8-7-9-27-16/h10-12,16,26H,7-9H2,1-6H3,(H,24,28)/b22-12+/t16-/m1/s1. The van der Waals surface area contributed by atoms with Crippen molar-refractivity contribution in [3.63, 3.8) is 0 Å². The van der Waals surface area contributed by atoms with Crippen LogP contribution in [0.25, 0.3) is 0 Å². The first-order valence-electron chi connectivity index (χ1n) is 9.70. The van der Waals surface area contributed by atoms with Crippen molar-refractivity contribution in [2.24, 2.45) is 5.10 Å². The van der Waals surface area contributed by atoms with Crippen LogP contribution in [0.5, 0.6) is 5.75 Å². The highest BCUT2D eigenvalue weighted by molar-refractivity contribution is 7.71. The van der Waals surface area contributed by atoms with E-state index in [4.69, 9.17) is 17.0 Å². The molecule has 2 N–H and O–H groups in total. The van der Waals surface area contributed by atoms with Gasteiger partial charge in [0.15, 0.2) is 5.82 Å². The maximum atomic E-state index is 10.9. The molecule has 7 heteroatoms. The summed E-state index contributed by atoms with van der Waals surface area (Å²) in [6.07, 6.45) is 3.61. The Morgan fingerprint density at radius 1 is 1.21 bits per heavy atom. The van der Waals surface area contributed by atoms with Gasteiger partial charge in [-0.2, -0.15) is 14.9 Å². The first-order valence-corrected chi connectivity index (χ1v) is 10.1. The Morgan fingerprint density at radius 2 is 1.82 bits per heavy atom. The number of nitrogens with zero attached hydrogens (tertiary/aromatic N) is 3. The number of aromatic nitrogens is 3. The van der Waals surface area contributed by atoms with Gasteiger partial charge in [-0.15, -0.1) is 0 Å². The van der Waals surface area contributed by atoms with Crippen LogP contribution in [0.15, 0.2) is 17.2 Å². The number of H-pyrrole nitrogens is 1. The number of nitrogens with one attached hydrogen (secondary N) is 1. The van der Waals surface area contributed by atoms with Crippen LogP contribution in [-0.2, 0) is 15.6 Å². The molecule has 0 spiro atoms. The van der Waals surface area contributed by atoms with Gasteiger partial charge >= 0.3 is 0 Å². The molecule has 1 aromatic heterocycles. The number of aromatic amines is 1. The summed E-state index contributed by atoms with van der Waals surface area (Å²) in [5, 5.41) is 22.6. The summed E-state index contributed by atoms with van der Waals surface area (Å²) in [5.74, 6) is 1.06. The average Bonchev–Trinajstić information content (AvgIpc) is 3.21. The van der Waals surface area contributed by atoms with E-state index in [1.165, 1.54) is 0 Å². The van der Waals surface area contributed by atoms with Crippen LogP contribution in [0.2, 0.25) is 0 Å². The van der Waals surface area contributed by atoms with Crippen molar-refractivity contribution in [1.29, 1.82) is 0 Å². The van der Waals surface area contributed by atoms with Gasteiger partial charge in [0.05, 0.1) is 6.21 Å². The molecule has 3 rings (SSSR count). The van der Waals surface area contributed by atoms with E-state index in [0.717, 1.165) is 36.1 Å². The van der Waals surface area contributed by atoms with E-state index >= 15 is 0 Å². The Balaban J connectivity index is 2.06. The second kappa shape index (κ2) is 7.44. The minimum absolute atomic E-state index is 0.0832. The maximum absolute atomic E-state index is 10.9. The topological polar surface area (TPSA) is 75.4 Å². The Hall–Kier alpha value is -1.99. The number of aromatic hydroxyl groups is 1. The molecule has 6 nitrogen and oxygen atoms in total. The summed E-state index contributed by atoms with van der Waals surface area (Å²) in [5.41, 5.74) is 2.33. The number of hydrogen-bond acceptors (Lipinski definition) is 5.